The van der Waals surface area contributed by atoms with Gasteiger partial charge in [0.2, 0.25) is 11.8 Å². The molecule has 0 saturated heterocycles. The standard InChI is InChI=1S/C18H22ClN3O3/c1-11(2)17(13-5-7-14(19)8-6-13)18(24)22(4)10-16(23)20-15-9-12(3)25-21-15/h5-9,11,17H,10H2,1-4H3,(H,20,21,23). The summed E-state index contributed by atoms with van der Waals surface area (Å²) in [4.78, 5) is 26.4. The molecule has 0 bridgehead atoms. The van der Waals surface area contributed by atoms with Crippen LogP contribution >= 0.6 is 11.6 Å². The second kappa shape index (κ2) is 8.16. The molecule has 2 aromatic rings. The molecule has 2 amide bonds. The van der Waals surface area contributed by atoms with Crippen LogP contribution in [0.5, 0.6) is 0 Å². The lowest BCUT2D eigenvalue weighted by Gasteiger charge is -2.26. The van der Waals surface area contributed by atoms with Crippen LogP contribution in [0.15, 0.2) is 34.9 Å². The van der Waals surface area contributed by atoms with Gasteiger partial charge in [0.25, 0.3) is 0 Å². The van der Waals surface area contributed by atoms with E-state index in [0.29, 0.717) is 16.6 Å². The number of aromatic nitrogens is 1. The van der Waals surface area contributed by atoms with Crippen LogP contribution in [0.4, 0.5) is 5.82 Å². The second-order valence-electron chi connectivity index (χ2n) is 6.34. The number of benzene rings is 1. The highest BCUT2D eigenvalue weighted by atomic mass is 35.5. The summed E-state index contributed by atoms with van der Waals surface area (Å²) in [5, 5.41) is 6.93. The number of aryl methyl sites for hydroxylation is 1. The minimum Gasteiger partial charge on any atom is -0.360 e. The molecule has 0 aliphatic carbocycles. The Kier molecular flexibility index (Phi) is 6.20. The highest BCUT2D eigenvalue weighted by Crippen LogP contribution is 2.27. The summed E-state index contributed by atoms with van der Waals surface area (Å²) >= 11 is 5.92. The molecule has 1 unspecified atom stereocenters. The number of likely N-dealkylation sites (N-methyl/N-ethyl adjacent to an activating group) is 1. The Balaban J connectivity index is 2.05. The first-order valence-corrected chi connectivity index (χ1v) is 8.39. The molecule has 6 nitrogen and oxygen atoms in total. The van der Waals surface area contributed by atoms with Gasteiger partial charge in [-0.3, -0.25) is 9.59 Å². The van der Waals surface area contributed by atoms with Crippen molar-refractivity contribution in [2.24, 2.45) is 5.92 Å². The summed E-state index contributed by atoms with van der Waals surface area (Å²) in [6.45, 7) is 5.62. The van der Waals surface area contributed by atoms with Crippen LogP contribution in [0.25, 0.3) is 0 Å². The lowest BCUT2D eigenvalue weighted by molar-refractivity contribution is -0.135. The van der Waals surface area contributed by atoms with Crippen LogP contribution in [0.3, 0.4) is 0 Å². The van der Waals surface area contributed by atoms with Gasteiger partial charge in [-0.15, -0.1) is 0 Å². The number of anilines is 1. The summed E-state index contributed by atoms with van der Waals surface area (Å²) < 4.78 is 4.90. The maximum atomic E-state index is 12.8. The van der Waals surface area contributed by atoms with E-state index in [9.17, 15) is 9.59 Å². The zero-order valence-corrected chi connectivity index (χ0v) is 15.5. The van der Waals surface area contributed by atoms with E-state index in [2.05, 4.69) is 10.5 Å². The highest BCUT2D eigenvalue weighted by molar-refractivity contribution is 6.30. The summed E-state index contributed by atoms with van der Waals surface area (Å²) in [7, 11) is 1.61. The Bertz CT molecular complexity index is 740. The van der Waals surface area contributed by atoms with Crippen molar-refractivity contribution in [3.05, 3.63) is 46.7 Å². The largest absolute Gasteiger partial charge is 0.360 e. The van der Waals surface area contributed by atoms with Crippen molar-refractivity contribution in [2.75, 3.05) is 18.9 Å². The third-order valence-corrected chi connectivity index (χ3v) is 4.07. The van der Waals surface area contributed by atoms with E-state index >= 15 is 0 Å². The van der Waals surface area contributed by atoms with Crippen molar-refractivity contribution >= 4 is 29.2 Å². The van der Waals surface area contributed by atoms with Gasteiger partial charge in [-0.05, 0) is 30.5 Å². The molecule has 1 N–H and O–H groups in total. The fraction of sp³-hybridized carbons (Fsp3) is 0.389. The third-order valence-electron chi connectivity index (χ3n) is 3.81. The number of carbonyl (C=O) groups is 2. The van der Waals surface area contributed by atoms with Crippen LogP contribution in [-0.2, 0) is 9.59 Å². The van der Waals surface area contributed by atoms with Crippen molar-refractivity contribution in [2.45, 2.75) is 26.7 Å². The Morgan fingerprint density at radius 2 is 1.92 bits per heavy atom. The van der Waals surface area contributed by atoms with Gasteiger partial charge in [0.1, 0.15) is 5.76 Å². The van der Waals surface area contributed by atoms with E-state index in [1.165, 1.54) is 4.90 Å². The average molecular weight is 364 g/mol. The smallest absolute Gasteiger partial charge is 0.245 e. The number of hydrogen-bond acceptors (Lipinski definition) is 4. The van der Waals surface area contributed by atoms with E-state index in [1.54, 1.807) is 32.2 Å². The fourth-order valence-electron chi connectivity index (χ4n) is 2.62. The molecule has 1 aromatic carbocycles. The highest BCUT2D eigenvalue weighted by Gasteiger charge is 2.28. The molecule has 25 heavy (non-hydrogen) atoms. The summed E-state index contributed by atoms with van der Waals surface area (Å²) in [6.07, 6.45) is 0. The van der Waals surface area contributed by atoms with Gasteiger partial charge in [0.15, 0.2) is 5.82 Å². The van der Waals surface area contributed by atoms with E-state index in [0.717, 1.165) is 5.56 Å². The molecular formula is C18H22ClN3O3. The monoisotopic (exact) mass is 363 g/mol. The number of amides is 2. The van der Waals surface area contributed by atoms with Crippen LogP contribution in [0.2, 0.25) is 5.02 Å². The lowest BCUT2D eigenvalue weighted by Crippen LogP contribution is -2.39. The molecule has 1 heterocycles. The van der Waals surface area contributed by atoms with Gasteiger partial charge < -0.3 is 14.7 Å². The molecule has 0 aliphatic rings. The average Bonchev–Trinajstić information content (AvgIpc) is 2.93. The zero-order chi connectivity index (χ0) is 18.6. The topological polar surface area (TPSA) is 75.4 Å². The first-order chi connectivity index (χ1) is 11.8. The van der Waals surface area contributed by atoms with Gasteiger partial charge in [0.05, 0.1) is 12.5 Å². The minimum atomic E-state index is -0.343. The molecular weight excluding hydrogens is 342 g/mol. The second-order valence-corrected chi connectivity index (χ2v) is 6.77. The van der Waals surface area contributed by atoms with Gasteiger partial charge in [-0.25, -0.2) is 0 Å². The minimum absolute atomic E-state index is 0.0679. The first-order valence-electron chi connectivity index (χ1n) is 8.01. The summed E-state index contributed by atoms with van der Waals surface area (Å²) in [6, 6.07) is 8.83. The van der Waals surface area contributed by atoms with Crippen molar-refractivity contribution < 1.29 is 14.1 Å². The zero-order valence-electron chi connectivity index (χ0n) is 14.7. The molecule has 0 radical (unpaired) electrons. The van der Waals surface area contributed by atoms with Crippen LogP contribution in [-0.4, -0.2) is 35.5 Å². The maximum Gasteiger partial charge on any atom is 0.245 e. The fourth-order valence-corrected chi connectivity index (χ4v) is 2.75. The van der Waals surface area contributed by atoms with Gasteiger partial charge in [-0.1, -0.05) is 42.7 Å². The number of nitrogens with zero attached hydrogens (tertiary/aromatic N) is 2. The van der Waals surface area contributed by atoms with Crippen molar-refractivity contribution in [3.8, 4) is 0 Å². The lowest BCUT2D eigenvalue weighted by atomic mass is 9.87. The Hall–Kier alpha value is -2.34. The SMILES string of the molecule is Cc1cc(NC(=O)CN(C)C(=O)C(c2ccc(Cl)cc2)C(C)C)no1. The molecule has 1 atom stereocenters. The van der Waals surface area contributed by atoms with Crippen molar-refractivity contribution in [1.82, 2.24) is 10.1 Å². The van der Waals surface area contributed by atoms with Crippen molar-refractivity contribution in [1.29, 1.82) is 0 Å². The predicted molar refractivity (Wildman–Crippen MR) is 96.5 cm³/mol. The molecule has 134 valence electrons. The summed E-state index contributed by atoms with van der Waals surface area (Å²) in [5.41, 5.74) is 0.879. The molecule has 2 rings (SSSR count). The Morgan fingerprint density at radius 1 is 1.28 bits per heavy atom. The number of halogens is 1. The Morgan fingerprint density at radius 3 is 2.44 bits per heavy atom. The van der Waals surface area contributed by atoms with E-state index < -0.39 is 0 Å². The van der Waals surface area contributed by atoms with Gasteiger partial charge in [0, 0.05) is 18.1 Å². The number of nitrogens with one attached hydrogen (secondary N) is 1. The normalized spacial score (nSPS) is 12.1. The maximum absolute atomic E-state index is 12.8. The molecule has 0 fully saturated rings. The van der Waals surface area contributed by atoms with Crippen LogP contribution < -0.4 is 5.32 Å². The third kappa shape index (κ3) is 5.06. The van der Waals surface area contributed by atoms with Crippen LogP contribution in [0.1, 0.15) is 31.1 Å². The van der Waals surface area contributed by atoms with Gasteiger partial charge in [-0.2, -0.15) is 0 Å². The van der Waals surface area contributed by atoms with E-state index in [-0.39, 0.29) is 30.2 Å². The quantitative estimate of drug-likeness (QED) is 0.852. The predicted octanol–water partition coefficient (Wildman–Crippen LogP) is 3.47. The number of rotatable bonds is 6. The number of hydrogen-bond donors (Lipinski definition) is 1. The van der Waals surface area contributed by atoms with Crippen molar-refractivity contribution in [3.63, 3.8) is 0 Å². The first kappa shape index (κ1) is 19.0. The molecule has 0 spiro atoms. The van der Waals surface area contributed by atoms with Crippen LogP contribution in [0, 0.1) is 12.8 Å². The molecule has 7 heteroatoms. The number of carbonyl (C=O) groups excluding carboxylic acids is 2. The summed E-state index contributed by atoms with van der Waals surface area (Å²) in [5.74, 6) is 0.220. The molecule has 0 saturated carbocycles. The van der Waals surface area contributed by atoms with Gasteiger partial charge >= 0.3 is 0 Å². The molecule has 1 aromatic heterocycles. The van der Waals surface area contributed by atoms with E-state index in [1.807, 2.05) is 26.0 Å². The molecule has 0 aliphatic heterocycles. The van der Waals surface area contributed by atoms with E-state index in [4.69, 9.17) is 16.1 Å². The Labute approximate surface area is 152 Å².